The van der Waals surface area contributed by atoms with Crippen LogP contribution in [0.3, 0.4) is 0 Å². The molecule has 3 rings (SSSR count). The van der Waals surface area contributed by atoms with E-state index in [0.29, 0.717) is 29.5 Å². The van der Waals surface area contributed by atoms with Crippen molar-refractivity contribution < 1.29 is 23.5 Å². The molecule has 1 N–H and O–H groups in total. The van der Waals surface area contributed by atoms with Gasteiger partial charge in [0.2, 0.25) is 5.75 Å². The van der Waals surface area contributed by atoms with Gasteiger partial charge in [0.15, 0.2) is 11.5 Å². The van der Waals surface area contributed by atoms with Gasteiger partial charge in [-0.1, -0.05) is 5.16 Å². The third-order valence-corrected chi connectivity index (χ3v) is 4.42. The van der Waals surface area contributed by atoms with E-state index in [0.717, 1.165) is 24.3 Å². The molecular formula is C18H23N3O5. The second-order valence-electron chi connectivity index (χ2n) is 6.06. The molecule has 2 aromatic rings. The summed E-state index contributed by atoms with van der Waals surface area (Å²) < 4.78 is 21.1. The van der Waals surface area contributed by atoms with Crippen LogP contribution in [0.2, 0.25) is 0 Å². The second kappa shape index (κ2) is 7.55. The van der Waals surface area contributed by atoms with Crippen LogP contribution in [0.1, 0.15) is 30.3 Å². The lowest BCUT2D eigenvalue weighted by Gasteiger charge is -2.24. The highest BCUT2D eigenvalue weighted by atomic mass is 16.5. The molecule has 1 aromatic carbocycles. The molecule has 8 nitrogen and oxygen atoms in total. The molecule has 0 saturated carbocycles. The number of aryl methyl sites for hydroxylation is 1. The maximum atomic E-state index is 12.8. The fourth-order valence-electron chi connectivity index (χ4n) is 3.21. The number of hydrogen-bond donors (Lipinski definition) is 1. The Bertz CT molecular complexity index is 764. The summed E-state index contributed by atoms with van der Waals surface area (Å²) in [6, 6.07) is 4.97. The van der Waals surface area contributed by atoms with E-state index in [9.17, 15) is 4.79 Å². The average molecular weight is 361 g/mol. The Kier molecular flexibility index (Phi) is 5.20. The zero-order valence-electron chi connectivity index (χ0n) is 15.4. The molecule has 8 heteroatoms. The summed E-state index contributed by atoms with van der Waals surface area (Å²) in [4.78, 5) is 14.6. The van der Waals surface area contributed by atoms with Crippen molar-refractivity contribution in [2.75, 3.05) is 33.2 Å². The van der Waals surface area contributed by atoms with E-state index < -0.39 is 0 Å². The van der Waals surface area contributed by atoms with E-state index in [1.165, 1.54) is 21.3 Å². The molecule has 1 saturated heterocycles. The van der Waals surface area contributed by atoms with E-state index in [1.807, 2.05) is 13.0 Å². The molecule has 1 fully saturated rings. The molecule has 1 unspecified atom stereocenters. The number of anilines is 1. The van der Waals surface area contributed by atoms with Crippen LogP contribution < -0.4 is 19.5 Å². The number of methoxy groups -OCH3 is 3. The van der Waals surface area contributed by atoms with Crippen LogP contribution in [0.15, 0.2) is 22.7 Å². The van der Waals surface area contributed by atoms with Gasteiger partial charge >= 0.3 is 6.03 Å². The summed E-state index contributed by atoms with van der Waals surface area (Å²) in [6.07, 6.45) is 1.77. The van der Waals surface area contributed by atoms with Crippen molar-refractivity contribution >= 4 is 11.7 Å². The van der Waals surface area contributed by atoms with Crippen LogP contribution >= 0.6 is 0 Å². The Balaban J connectivity index is 1.81. The summed E-state index contributed by atoms with van der Waals surface area (Å²) in [5.41, 5.74) is 1.34. The number of carbonyl (C=O) groups is 1. The van der Waals surface area contributed by atoms with Crippen LogP contribution in [-0.4, -0.2) is 44.0 Å². The fraction of sp³-hybridized carbons (Fsp3) is 0.444. The molecule has 26 heavy (non-hydrogen) atoms. The maximum absolute atomic E-state index is 12.8. The van der Waals surface area contributed by atoms with Gasteiger partial charge in [0.25, 0.3) is 0 Å². The smallest absolute Gasteiger partial charge is 0.322 e. The van der Waals surface area contributed by atoms with Gasteiger partial charge in [-0.3, -0.25) is 0 Å². The Labute approximate surface area is 152 Å². The number of likely N-dealkylation sites (tertiary alicyclic amines) is 1. The number of nitrogens with one attached hydrogen (secondary N) is 1. The van der Waals surface area contributed by atoms with Gasteiger partial charge in [0, 0.05) is 24.7 Å². The molecule has 1 aromatic heterocycles. The molecular weight excluding hydrogens is 338 g/mol. The number of benzene rings is 1. The van der Waals surface area contributed by atoms with Crippen molar-refractivity contribution in [1.29, 1.82) is 0 Å². The Morgan fingerprint density at radius 3 is 2.42 bits per heavy atom. The monoisotopic (exact) mass is 361 g/mol. The summed E-state index contributed by atoms with van der Waals surface area (Å²) >= 11 is 0. The fourth-order valence-corrected chi connectivity index (χ4v) is 3.21. The summed E-state index contributed by atoms with van der Waals surface area (Å²) in [5.74, 6) is 2.17. The number of amides is 2. The number of aromatic nitrogens is 1. The van der Waals surface area contributed by atoms with Crippen molar-refractivity contribution in [3.8, 4) is 17.2 Å². The number of urea groups is 1. The van der Waals surface area contributed by atoms with Crippen molar-refractivity contribution in [1.82, 2.24) is 10.1 Å². The standard InChI is InChI=1S/C18H23N3O5/c1-11-8-13(20-26-11)14-6-5-7-21(14)18(22)19-12-9-15(23-2)17(25-4)16(10-12)24-3/h8-10,14H,5-7H2,1-4H3,(H,19,22). The molecule has 0 spiro atoms. The molecule has 2 amide bonds. The van der Waals surface area contributed by atoms with Gasteiger partial charge in [-0.05, 0) is 19.8 Å². The first-order valence-corrected chi connectivity index (χ1v) is 8.38. The zero-order chi connectivity index (χ0) is 18.7. The van der Waals surface area contributed by atoms with Gasteiger partial charge in [-0.25, -0.2) is 4.79 Å². The first kappa shape index (κ1) is 17.9. The number of ether oxygens (including phenoxy) is 3. The number of carbonyl (C=O) groups excluding carboxylic acids is 1. The quantitative estimate of drug-likeness (QED) is 0.879. The predicted octanol–water partition coefficient (Wildman–Crippen LogP) is 3.38. The SMILES string of the molecule is COc1cc(NC(=O)N2CCCC2c2cc(C)on2)cc(OC)c1OC. The van der Waals surface area contributed by atoms with Crippen molar-refractivity contribution in [3.05, 3.63) is 29.7 Å². The van der Waals surface area contributed by atoms with Gasteiger partial charge in [0.1, 0.15) is 11.5 Å². The van der Waals surface area contributed by atoms with Gasteiger partial charge in [0.05, 0.1) is 33.1 Å². The lowest BCUT2D eigenvalue weighted by atomic mass is 10.1. The van der Waals surface area contributed by atoms with Crippen LogP contribution in [0.5, 0.6) is 17.2 Å². The lowest BCUT2D eigenvalue weighted by molar-refractivity contribution is 0.204. The normalized spacial score (nSPS) is 16.5. The van der Waals surface area contributed by atoms with E-state index in [-0.39, 0.29) is 12.1 Å². The third kappa shape index (κ3) is 3.40. The maximum Gasteiger partial charge on any atom is 0.322 e. The van der Waals surface area contributed by atoms with Crippen LogP contribution in [-0.2, 0) is 0 Å². The molecule has 0 bridgehead atoms. The molecule has 1 aliphatic heterocycles. The van der Waals surface area contributed by atoms with Crippen LogP contribution in [0.25, 0.3) is 0 Å². The molecule has 2 heterocycles. The minimum atomic E-state index is -0.206. The van der Waals surface area contributed by atoms with Gasteiger partial charge in [-0.15, -0.1) is 0 Å². The van der Waals surface area contributed by atoms with Gasteiger partial charge < -0.3 is 29.0 Å². The zero-order valence-corrected chi connectivity index (χ0v) is 15.4. The number of hydrogen-bond acceptors (Lipinski definition) is 6. The molecule has 0 radical (unpaired) electrons. The van der Waals surface area contributed by atoms with Crippen LogP contribution in [0.4, 0.5) is 10.5 Å². The molecule has 1 aliphatic rings. The summed E-state index contributed by atoms with van der Waals surface area (Å²) in [6.45, 7) is 2.50. The molecule has 140 valence electrons. The highest BCUT2D eigenvalue weighted by Gasteiger charge is 2.32. The van der Waals surface area contributed by atoms with Crippen molar-refractivity contribution in [2.24, 2.45) is 0 Å². The Hall–Kier alpha value is -2.90. The highest BCUT2D eigenvalue weighted by molar-refractivity contribution is 5.90. The van der Waals surface area contributed by atoms with Crippen LogP contribution in [0, 0.1) is 6.92 Å². The minimum Gasteiger partial charge on any atom is -0.493 e. The number of nitrogens with zero attached hydrogens (tertiary/aromatic N) is 2. The first-order chi connectivity index (χ1) is 12.6. The Morgan fingerprint density at radius 1 is 1.19 bits per heavy atom. The second-order valence-corrected chi connectivity index (χ2v) is 6.06. The highest BCUT2D eigenvalue weighted by Crippen LogP contribution is 2.40. The molecule has 0 aliphatic carbocycles. The predicted molar refractivity (Wildman–Crippen MR) is 95.0 cm³/mol. The van der Waals surface area contributed by atoms with E-state index in [2.05, 4.69) is 10.5 Å². The van der Waals surface area contributed by atoms with Gasteiger partial charge in [-0.2, -0.15) is 0 Å². The third-order valence-electron chi connectivity index (χ3n) is 4.42. The summed E-state index contributed by atoms with van der Waals surface area (Å²) in [5, 5.41) is 6.97. The van der Waals surface area contributed by atoms with Crippen molar-refractivity contribution in [2.45, 2.75) is 25.8 Å². The van der Waals surface area contributed by atoms with E-state index >= 15 is 0 Å². The first-order valence-electron chi connectivity index (χ1n) is 8.38. The van der Waals surface area contributed by atoms with E-state index in [4.69, 9.17) is 18.7 Å². The topological polar surface area (TPSA) is 86.1 Å². The van der Waals surface area contributed by atoms with E-state index in [1.54, 1.807) is 17.0 Å². The minimum absolute atomic E-state index is 0.0884. The summed E-state index contributed by atoms with van der Waals surface area (Å²) in [7, 11) is 4.60. The molecule has 1 atom stereocenters. The average Bonchev–Trinajstić information content (AvgIpc) is 3.29. The lowest BCUT2D eigenvalue weighted by Crippen LogP contribution is -2.34. The largest absolute Gasteiger partial charge is 0.493 e. The van der Waals surface area contributed by atoms with Crippen molar-refractivity contribution in [3.63, 3.8) is 0 Å². The Morgan fingerprint density at radius 2 is 1.88 bits per heavy atom. The number of rotatable bonds is 5.